The summed E-state index contributed by atoms with van der Waals surface area (Å²) in [5, 5.41) is 0. The summed E-state index contributed by atoms with van der Waals surface area (Å²) >= 11 is 0. The molecule has 1 aromatic heterocycles. The van der Waals surface area contributed by atoms with E-state index >= 15 is 0 Å². The highest BCUT2D eigenvalue weighted by Crippen LogP contribution is 2.13. The molecule has 0 aliphatic rings. The number of carbonyl (C=O) groups is 1. The Labute approximate surface area is 88.5 Å². The van der Waals surface area contributed by atoms with Crippen LogP contribution in [0.2, 0.25) is 0 Å². The summed E-state index contributed by atoms with van der Waals surface area (Å²) in [6, 6.07) is 3.20. The van der Waals surface area contributed by atoms with E-state index in [4.69, 9.17) is 4.74 Å². The minimum Gasteiger partial charge on any atom is -0.481 e. The summed E-state index contributed by atoms with van der Waals surface area (Å²) < 4.78 is 9.60. The van der Waals surface area contributed by atoms with Crippen LogP contribution in [0.4, 0.5) is 0 Å². The minimum atomic E-state index is -0.402. The van der Waals surface area contributed by atoms with E-state index in [0.29, 0.717) is 17.9 Å². The van der Waals surface area contributed by atoms with E-state index in [1.54, 1.807) is 18.2 Å². The van der Waals surface area contributed by atoms with Crippen molar-refractivity contribution < 1.29 is 14.3 Å². The Morgan fingerprint density at radius 3 is 2.80 bits per heavy atom. The van der Waals surface area contributed by atoms with Crippen molar-refractivity contribution in [1.82, 2.24) is 4.98 Å². The molecule has 0 radical (unpaired) electrons. The maximum Gasteiger partial charge on any atom is 0.338 e. The van der Waals surface area contributed by atoms with Gasteiger partial charge in [0.1, 0.15) is 0 Å². The zero-order valence-electron chi connectivity index (χ0n) is 8.82. The molecule has 0 atom stereocenters. The molecule has 80 valence electrons. The van der Waals surface area contributed by atoms with Gasteiger partial charge < -0.3 is 9.47 Å². The molecule has 1 aromatic rings. The molecule has 4 nitrogen and oxygen atoms in total. The van der Waals surface area contributed by atoms with Crippen molar-refractivity contribution in [2.75, 3.05) is 14.2 Å². The lowest BCUT2D eigenvalue weighted by Crippen LogP contribution is -2.04. The zero-order chi connectivity index (χ0) is 11.3. The molecule has 0 aliphatic carbocycles. The van der Waals surface area contributed by atoms with Crippen LogP contribution >= 0.6 is 0 Å². The Bertz CT molecular complexity index is 374. The highest BCUT2D eigenvalue weighted by molar-refractivity contribution is 5.89. The number of ether oxygens (including phenoxy) is 2. The summed E-state index contributed by atoms with van der Waals surface area (Å²) in [5.74, 6) is -0.00392. The van der Waals surface area contributed by atoms with Crippen LogP contribution in [0.1, 0.15) is 16.1 Å². The number of rotatable bonds is 4. The van der Waals surface area contributed by atoms with Gasteiger partial charge in [0.25, 0.3) is 0 Å². The molecule has 0 aliphatic heterocycles. The van der Waals surface area contributed by atoms with Crippen LogP contribution in [0.5, 0.6) is 5.88 Å². The average molecular weight is 207 g/mol. The van der Waals surface area contributed by atoms with Gasteiger partial charge >= 0.3 is 5.97 Å². The maximum absolute atomic E-state index is 11.3. The van der Waals surface area contributed by atoms with Crippen molar-refractivity contribution in [1.29, 1.82) is 0 Å². The van der Waals surface area contributed by atoms with Gasteiger partial charge in [0.2, 0.25) is 5.88 Å². The number of methoxy groups -OCH3 is 2. The van der Waals surface area contributed by atoms with Crippen LogP contribution in [0.3, 0.4) is 0 Å². The Kier molecular flexibility index (Phi) is 3.85. The second kappa shape index (κ2) is 5.14. The molecule has 0 fully saturated rings. The first-order chi connectivity index (χ1) is 7.21. The summed E-state index contributed by atoms with van der Waals surface area (Å²) in [7, 11) is 2.84. The van der Waals surface area contributed by atoms with Crippen molar-refractivity contribution in [3.63, 3.8) is 0 Å². The van der Waals surface area contributed by atoms with E-state index in [9.17, 15) is 4.79 Å². The normalized spacial score (nSPS) is 9.47. The van der Waals surface area contributed by atoms with E-state index in [-0.39, 0.29) is 0 Å². The first kappa shape index (κ1) is 11.2. The smallest absolute Gasteiger partial charge is 0.338 e. The van der Waals surface area contributed by atoms with Crippen LogP contribution < -0.4 is 4.74 Å². The first-order valence-corrected chi connectivity index (χ1v) is 4.45. The second-order valence-corrected chi connectivity index (χ2v) is 2.87. The molecule has 0 N–H and O–H groups in total. The van der Waals surface area contributed by atoms with E-state index in [0.717, 1.165) is 5.69 Å². The lowest BCUT2D eigenvalue weighted by Gasteiger charge is -2.05. The number of aromatic nitrogens is 1. The predicted octanol–water partition coefficient (Wildman–Crippen LogP) is 1.61. The van der Waals surface area contributed by atoms with Crippen LogP contribution in [-0.4, -0.2) is 25.2 Å². The number of hydrogen-bond acceptors (Lipinski definition) is 4. The third-order valence-electron chi connectivity index (χ3n) is 1.84. The summed E-state index contributed by atoms with van der Waals surface area (Å²) in [6.45, 7) is 3.61. The van der Waals surface area contributed by atoms with Gasteiger partial charge in [0.05, 0.1) is 19.8 Å². The van der Waals surface area contributed by atoms with E-state index in [2.05, 4.69) is 16.3 Å². The molecule has 0 spiro atoms. The molecule has 15 heavy (non-hydrogen) atoms. The standard InChI is InChI=1S/C11H13NO3/c1-4-5-9-6-8(11(13)15-3)7-10(12-9)14-2/h4,6-7H,1,5H2,2-3H3. The van der Waals surface area contributed by atoms with Crippen molar-refractivity contribution in [2.45, 2.75) is 6.42 Å². The molecule has 0 saturated carbocycles. The molecule has 0 amide bonds. The monoisotopic (exact) mass is 207 g/mol. The van der Waals surface area contributed by atoms with Crippen molar-refractivity contribution >= 4 is 5.97 Å². The van der Waals surface area contributed by atoms with Crippen LogP contribution in [-0.2, 0) is 11.2 Å². The van der Waals surface area contributed by atoms with Gasteiger partial charge in [-0.05, 0) is 6.07 Å². The summed E-state index contributed by atoms with van der Waals surface area (Å²) in [6.07, 6.45) is 2.30. The van der Waals surface area contributed by atoms with Crippen molar-refractivity contribution in [3.8, 4) is 5.88 Å². The second-order valence-electron chi connectivity index (χ2n) is 2.87. The molecule has 1 rings (SSSR count). The molecule has 0 saturated heterocycles. The molecular weight excluding hydrogens is 194 g/mol. The van der Waals surface area contributed by atoms with E-state index < -0.39 is 5.97 Å². The molecule has 0 unspecified atom stereocenters. The van der Waals surface area contributed by atoms with Crippen molar-refractivity contribution in [2.24, 2.45) is 0 Å². The first-order valence-electron chi connectivity index (χ1n) is 4.45. The molecule has 0 aromatic carbocycles. The van der Waals surface area contributed by atoms with E-state index in [1.807, 2.05) is 0 Å². The Balaban J connectivity index is 3.10. The van der Waals surface area contributed by atoms with Gasteiger partial charge in [-0.25, -0.2) is 9.78 Å². The van der Waals surface area contributed by atoms with E-state index in [1.165, 1.54) is 14.2 Å². The highest BCUT2D eigenvalue weighted by atomic mass is 16.5. The fraction of sp³-hybridized carbons (Fsp3) is 0.273. The summed E-state index contributed by atoms with van der Waals surface area (Å²) in [5.41, 5.74) is 1.16. The number of carbonyl (C=O) groups excluding carboxylic acids is 1. The number of allylic oxidation sites excluding steroid dienone is 1. The maximum atomic E-state index is 11.3. The Hall–Kier alpha value is -1.84. The van der Waals surface area contributed by atoms with Gasteiger partial charge in [0, 0.05) is 18.2 Å². The topological polar surface area (TPSA) is 48.4 Å². The van der Waals surface area contributed by atoms with Gasteiger partial charge in [-0.1, -0.05) is 6.08 Å². The fourth-order valence-electron chi connectivity index (χ4n) is 1.15. The highest BCUT2D eigenvalue weighted by Gasteiger charge is 2.09. The Morgan fingerprint density at radius 2 is 2.27 bits per heavy atom. The lowest BCUT2D eigenvalue weighted by atomic mass is 10.2. The third-order valence-corrected chi connectivity index (χ3v) is 1.84. The lowest BCUT2D eigenvalue weighted by molar-refractivity contribution is 0.0600. The zero-order valence-corrected chi connectivity index (χ0v) is 8.82. The molecule has 1 heterocycles. The number of pyridine rings is 1. The van der Waals surface area contributed by atoms with Crippen LogP contribution in [0.15, 0.2) is 24.8 Å². The Morgan fingerprint density at radius 1 is 1.53 bits per heavy atom. The number of nitrogens with zero attached hydrogens (tertiary/aromatic N) is 1. The molecule has 0 bridgehead atoms. The third kappa shape index (κ3) is 2.80. The van der Waals surface area contributed by atoms with Crippen LogP contribution in [0, 0.1) is 0 Å². The van der Waals surface area contributed by atoms with Gasteiger partial charge in [-0.2, -0.15) is 0 Å². The van der Waals surface area contributed by atoms with Crippen molar-refractivity contribution in [3.05, 3.63) is 36.0 Å². The molecule has 4 heteroatoms. The quantitative estimate of drug-likeness (QED) is 0.556. The van der Waals surface area contributed by atoms with Gasteiger partial charge in [0.15, 0.2) is 0 Å². The van der Waals surface area contributed by atoms with Crippen LogP contribution in [0.25, 0.3) is 0 Å². The van der Waals surface area contributed by atoms with Gasteiger partial charge in [-0.15, -0.1) is 6.58 Å². The largest absolute Gasteiger partial charge is 0.481 e. The minimum absolute atomic E-state index is 0.398. The summed E-state index contributed by atoms with van der Waals surface area (Å²) in [4.78, 5) is 15.5. The average Bonchev–Trinajstić information content (AvgIpc) is 2.28. The molecular formula is C11H13NO3. The number of esters is 1. The predicted molar refractivity (Wildman–Crippen MR) is 56.0 cm³/mol. The number of hydrogen-bond donors (Lipinski definition) is 0. The van der Waals surface area contributed by atoms with Gasteiger partial charge in [-0.3, -0.25) is 0 Å². The fourth-order valence-corrected chi connectivity index (χ4v) is 1.15. The SMILES string of the molecule is C=CCc1cc(C(=O)OC)cc(OC)n1.